The van der Waals surface area contributed by atoms with E-state index in [2.05, 4.69) is 6.07 Å². The van der Waals surface area contributed by atoms with Crippen molar-refractivity contribution in [1.29, 1.82) is 0 Å². The number of nitrogens with zero attached hydrogens (tertiary/aromatic N) is 1. The van der Waals surface area contributed by atoms with Crippen LogP contribution in [0.4, 0.5) is 0 Å². The van der Waals surface area contributed by atoms with Crippen LogP contribution in [0.5, 0.6) is 5.75 Å². The zero-order chi connectivity index (χ0) is 19.6. The summed E-state index contributed by atoms with van der Waals surface area (Å²) in [6.45, 7) is 3.89. The number of quaternary nitrogens is 1. The first-order valence-corrected chi connectivity index (χ1v) is 10.7. The van der Waals surface area contributed by atoms with Crippen LogP contribution in [0.25, 0.3) is 0 Å². The number of carbonyl (C=O) groups is 1. The number of piperidine rings is 1. The Morgan fingerprint density at radius 3 is 2.86 bits per heavy atom. The highest BCUT2D eigenvalue weighted by atomic mass is 16.5. The van der Waals surface area contributed by atoms with Crippen LogP contribution in [-0.4, -0.2) is 68.0 Å². The topological polar surface area (TPSA) is 63.4 Å². The maximum absolute atomic E-state index is 13.0. The normalized spacial score (nSPS) is 33.2. The monoisotopic (exact) mass is 389 g/mol. The minimum Gasteiger partial charge on any atom is -0.496 e. The molecule has 2 aliphatic heterocycles. The number of hydrogen-bond acceptors (Lipinski definition) is 4. The van der Waals surface area contributed by atoms with Crippen LogP contribution < -0.4 is 9.64 Å². The number of aliphatic hydroxyl groups is 1. The van der Waals surface area contributed by atoms with Gasteiger partial charge in [0.25, 0.3) is 5.91 Å². The average molecular weight is 390 g/mol. The molecule has 6 heteroatoms. The molecule has 1 aromatic carbocycles. The zero-order valence-electron chi connectivity index (χ0n) is 16.9. The van der Waals surface area contributed by atoms with Crippen molar-refractivity contribution in [2.24, 2.45) is 5.92 Å². The van der Waals surface area contributed by atoms with Gasteiger partial charge in [-0.05, 0) is 25.0 Å². The second kappa shape index (κ2) is 8.39. The molecule has 3 aliphatic rings. The maximum atomic E-state index is 13.0. The lowest BCUT2D eigenvalue weighted by molar-refractivity contribution is -0.938. The van der Waals surface area contributed by atoms with Gasteiger partial charge in [0, 0.05) is 25.4 Å². The highest BCUT2D eigenvalue weighted by Gasteiger charge is 2.52. The van der Waals surface area contributed by atoms with Gasteiger partial charge in [-0.15, -0.1) is 0 Å². The molecule has 1 saturated carbocycles. The molecule has 28 heavy (non-hydrogen) atoms. The molecule has 0 radical (unpaired) electrons. The molecule has 3 fully saturated rings. The Hall–Kier alpha value is -1.63. The van der Waals surface area contributed by atoms with Crippen molar-refractivity contribution in [2.45, 2.75) is 43.7 Å². The van der Waals surface area contributed by atoms with Crippen LogP contribution in [0.3, 0.4) is 0 Å². The fourth-order valence-electron chi connectivity index (χ4n) is 5.53. The Labute approximate surface area is 167 Å². The van der Waals surface area contributed by atoms with Gasteiger partial charge in [-0.25, -0.2) is 0 Å². The van der Waals surface area contributed by atoms with E-state index in [0.29, 0.717) is 32.8 Å². The van der Waals surface area contributed by atoms with Gasteiger partial charge in [-0.3, -0.25) is 4.79 Å². The predicted octanol–water partition coefficient (Wildman–Crippen LogP) is 0.805. The summed E-state index contributed by atoms with van der Waals surface area (Å²) in [5.74, 6) is 1.22. The lowest BCUT2D eigenvalue weighted by atomic mass is 9.66. The Balaban J connectivity index is 1.63. The second-order valence-electron chi connectivity index (χ2n) is 8.50. The number of para-hydroxylation sites is 1. The van der Waals surface area contributed by atoms with Crippen LogP contribution in [-0.2, 0) is 9.53 Å². The van der Waals surface area contributed by atoms with Crippen LogP contribution in [0.2, 0.25) is 0 Å². The van der Waals surface area contributed by atoms with Gasteiger partial charge >= 0.3 is 0 Å². The van der Waals surface area contributed by atoms with Crippen LogP contribution in [0, 0.1) is 5.92 Å². The van der Waals surface area contributed by atoms with Crippen LogP contribution in [0.1, 0.15) is 43.7 Å². The van der Waals surface area contributed by atoms with Crippen molar-refractivity contribution in [3.05, 3.63) is 29.8 Å². The first kappa shape index (κ1) is 19.7. The van der Waals surface area contributed by atoms with Gasteiger partial charge in [-0.2, -0.15) is 0 Å². The number of benzene rings is 1. The zero-order valence-corrected chi connectivity index (χ0v) is 16.9. The van der Waals surface area contributed by atoms with Crippen molar-refractivity contribution < 1.29 is 24.3 Å². The number of ether oxygens (including phenoxy) is 2. The summed E-state index contributed by atoms with van der Waals surface area (Å²) < 4.78 is 11.1. The Morgan fingerprint density at radius 1 is 1.29 bits per heavy atom. The third-order valence-electron chi connectivity index (χ3n) is 7.00. The molecular formula is C22H33N2O4+. The highest BCUT2D eigenvalue weighted by molar-refractivity contribution is 5.77. The Bertz CT molecular complexity index is 691. The molecule has 0 bridgehead atoms. The van der Waals surface area contributed by atoms with E-state index in [1.807, 2.05) is 23.1 Å². The molecule has 2 N–H and O–H groups in total. The summed E-state index contributed by atoms with van der Waals surface area (Å²) in [4.78, 5) is 16.2. The standard InChI is InChI=1S/C22H32N2O4/c1-27-19-8-3-2-6-17(19)21-18-7-4-5-9-22(18,26)10-11-24(21)16-20(25)23-12-14-28-15-13-23/h2-3,6,8,18,21,26H,4-5,7,9-16H2,1H3/p+1/t18-,21+,22-/m0/s1. The van der Waals surface area contributed by atoms with E-state index >= 15 is 0 Å². The van der Waals surface area contributed by atoms with E-state index in [4.69, 9.17) is 9.47 Å². The average Bonchev–Trinajstić information content (AvgIpc) is 2.74. The SMILES string of the molecule is COc1ccccc1[C@@H]1[C@@H]2CCCC[C@]2(O)CC[NH+]1CC(=O)N1CCOCC1. The minimum atomic E-state index is -0.616. The fourth-order valence-corrected chi connectivity index (χ4v) is 5.53. The molecule has 0 spiro atoms. The Kier molecular flexibility index (Phi) is 5.90. The molecule has 6 nitrogen and oxygen atoms in total. The molecule has 1 aromatic rings. The van der Waals surface area contributed by atoms with Crippen molar-refractivity contribution in [1.82, 2.24) is 4.90 Å². The van der Waals surface area contributed by atoms with Crippen LogP contribution >= 0.6 is 0 Å². The molecule has 2 saturated heterocycles. The van der Waals surface area contributed by atoms with Gasteiger partial charge < -0.3 is 24.4 Å². The molecule has 2 heterocycles. The number of carbonyl (C=O) groups excluding carboxylic acids is 1. The first-order valence-electron chi connectivity index (χ1n) is 10.7. The highest BCUT2D eigenvalue weighted by Crippen LogP contribution is 2.45. The molecule has 4 rings (SSSR count). The van der Waals surface area contributed by atoms with Gasteiger partial charge in [-0.1, -0.05) is 25.0 Å². The van der Waals surface area contributed by atoms with Crippen molar-refractivity contribution >= 4 is 5.91 Å². The van der Waals surface area contributed by atoms with Crippen molar-refractivity contribution in [3.8, 4) is 5.75 Å². The lowest BCUT2D eigenvalue weighted by Crippen LogP contribution is -3.16. The second-order valence-corrected chi connectivity index (χ2v) is 8.50. The van der Waals surface area contributed by atoms with Gasteiger partial charge in [0.2, 0.25) is 0 Å². The van der Waals surface area contributed by atoms with Crippen molar-refractivity contribution in [2.75, 3.05) is 46.5 Å². The van der Waals surface area contributed by atoms with E-state index in [-0.39, 0.29) is 17.9 Å². The van der Waals surface area contributed by atoms with Crippen molar-refractivity contribution in [3.63, 3.8) is 0 Å². The first-order chi connectivity index (χ1) is 13.6. The smallest absolute Gasteiger partial charge is 0.277 e. The number of methoxy groups -OCH3 is 1. The van der Waals surface area contributed by atoms with Gasteiger partial charge in [0.15, 0.2) is 6.54 Å². The summed E-state index contributed by atoms with van der Waals surface area (Å²) in [7, 11) is 1.70. The number of nitrogens with one attached hydrogen (secondary N) is 1. The quantitative estimate of drug-likeness (QED) is 0.800. The molecule has 1 unspecified atom stereocenters. The number of morpholine rings is 1. The summed E-state index contributed by atoms with van der Waals surface area (Å²) in [5, 5.41) is 11.4. The Morgan fingerprint density at radius 2 is 2.07 bits per heavy atom. The molecule has 154 valence electrons. The van der Waals surface area contributed by atoms with E-state index < -0.39 is 5.60 Å². The third-order valence-corrected chi connectivity index (χ3v) is 7.00. The van der Waals surface area contributed by atoms with Gasteiger partial charge in [0.1, 0.15) is 11.8 Å². The van der Waals surface area contributed by atoms with E-state index in [0.717, 1.165) is 50.0 Å². The lowest BCUT2D eigenvalue weighted by Gasteiger charge is -2.50. The summed E-state index contributed by atoms with van der Waals surface area (Å²) in [6.07, 6.45) is 4.88. The van der Waals surface area contributed by atoms with Gasteiger partial charge in [0.05, 0.1) is 38.0 Å². The number of amides is 1. The number of hydrogen-bond donors (Lipinski definition) is 2. The molecule has 4 atom stereocenters. The van der Waals surface area contributed by atoms with E-state index in [1.165, 1.54) is 4.90 Å². The summed E-state index contributed by atoms with van der Waals surface area (Å²) in [5.41, 5.74) is 0.509. The third kappa shape index (κ3) is 3.78. The number of rotatable bonds is 4. The molecular weight excluding hydrogens is 356 g/mol. The minimum absolute atomic E-state index is 0.0835. The number of likely N-dealkylation sites (tertiary alicyclic amines) is 1. The molecule has 1 aliphatic carbocycles. The molecule has 1 amide bonds. The van der Waals surface area contributed by atoms with E-state index in [9.17, 15) is 9.90 Å². The molecule has 0 aromatic heterocycles. The summed E-state index contributed by atoms with van der Waals surface area (Å²) in [6, 6.07) is 8.21. The van der Waals surface area contributed by atoms with Crippen LogP contribution in [0.15, 0.2) is 24.3 Å². The predicted molar refractivity (Wildman–Crippen MR) is 105 cm³/mol. The number of fused-ring (bicyclic) bond motifs is 1. The largest absolute Gasteiger partial charge is 0.496 e. The summed E-state index contributed by atoms with van der Waals surface area (Å²) >= 11 is 0. The maximum Gasteiger partial charge on any atom is 0.277 e. The van der Waals surface area contributed by atoms with E-state index in [1.54, 1.807) is 7.11 Å². The fraction of sp³-hybridized carbons (Fsp3) is 0.682.